The molecule has 0 aliphatic heterocycles. The summed E-state index contributed by atoms with van der Waals surface area (Å²) in [5.41, 5.74) is 1.15. The fourth-order valence-corrected chi connectivity index (χ4v) is 2.46. The molecule has 0 aliphatic rings. The Balaban J connectivity index is 1.73. The molecule has 2 heterocycles. The lowest BCUT2D eigenvalue weighted by Gasteiger charge is -2.05. The highest BCUT2D eigenvalue weighted by Crippen LogP contribution is 2.28. The summed E-state index contributed by atoms with van der Waals surface area (Å²) >= 11 is 0. The monoisotopic (exact) mass is 327 g/mol. The smallest absolute Gasteiger partial charge is 0.287 e. The predicted molar refractivity (Wildman–Crippen MR) is 88.3 cm³/mol. The molecule has 0 radical (unpaired) electrons. The highest BCUT2D eigenvalue weighted by Gasteiger charge is 2.17. The number of nitrogens with zero attached hydrogens (tertiary/aromatic N) is 2. The lowest BCUT2D eigenvalue weighted by atomic mass is 10.1. The molecule has 0 saturated carbocycles. The van der Waals surface area contributed by atoms with Gasteiger partial charge in [-0.1, -0.05) is 0 Å². The van der Waals surface area contributed by atoms with Gasteiger partial charge in [0.1, 0.15) is 11.3 Å². The van der Waals surface area contributed by atoms with Gasteiger partial charge in [-0.05, 0) is 25.1 Å². The molecule has 2 aromatic heterocycles. The zero-order valence-corrected chi connectivity index (χ0v) is 13.4. The first-order valence-electron chi connectivity index (χ1n) is 7.47. The lowest BCUT2D eigenvalue weighted by molar-refractivity contribution is 0.0925. The van der Waals surface area contributed by atoms with Crippen molar-refractivity contribution in [3.05, 3.63) is 58.2 Å². The standard InChI is InChI=1S/C17H17N3O4/c1-11-13-6-5-12(23-2)10-14(13)24-16(11)17(22)18-8-9-20-15(21)4-3-7-19-20/h3-7,10H,8-9H2,1-2H3,(H,18,22). The zero-order valence-electron chi connectivity index (χ0n) is 13.4. The Kier molecular flexibility index (Phi) is 4.33. The van der Waals surface area contributed by atoms with Crippen LogP contribution in [0.15, 0.2) is 45.7 Å². The van der Waals surface area contributed by atoms with Crippen molar-refractivity contribution in [1.29, 1.82) is 0 Å². The van der Waals surface area contributed by atoms with Crippen LogP contribution in [-0.2, 0) is 6.54 Å². The Morgan fingerprint density at radius 1 is 1.38 bits per heavy atom. The van der Waals surface area contributed by atoms with Gasteiger partial charge in [0.15, 0.2) is 5.76 Å². The number of methoxy groups -OCH3 is 1. The van der Waals surface area contributed by atoms with Crippen LogP contribution in [0.2, 0.25) is 0 Å². The van der Waals surface area contributed by atoms with Gasteiger partial charge in [0.05, 0.1) is 13.7 Å². The third-order valence-electron chi connectivity index (χ3n) is 3.75. The maximum Gasteiger partial charge on any atom is 0.287 e. The van der Waals surface area contributed by atoms with Gasteiger partial charge >= 0.3 is 0 Å². The summed E-state index contributed by atoms with van der Waals surface area (Å²) in [5.74, 6) is 0.594. The summed E-state index contributed by atoms with van der Waals surface area (Å²) in [7, 11) is 1.57. The molecular weight excluding hydrogens is 310 g/mol. The molecule has 7 heteroatoms. The van der Waals surface area contributed by atoms with Crippen molar-refractivity contribution >= 4 is 16.9 Å². The molecule has 24 heavy (non-hydrogen) atoms. The quantitative estimate of drug-likeness (QED) is 0.771. The zero-order chi connectivity index (χ0) is 17.1. The third-order valence-corrected chi connectivity index (χ3v) is 3.75. The van der Waals surface area contributed by atoms with Gasteiger partial charge in [0.2, 0.25) is 0 Å². The van der Waals surface area contributed by atoms with E-state index in [0.29, 0.717) is 17.9 Å². The van der Waals surface area contributed by atoms with E-state index in [1.807, 2.05) is 19.1 Å². The number of aryl methyl sites for hydroxylation is 1. The van der Waals surface area contributed by atoms with E-state index >= 15 is 0 Å². The average Bonchev–Trinajstić information content (AvgIpc) is 2.92. The second kappa shape index (κ2) is 6.57. The van der Waals surface area contributed by atoms with Crippen LogP contribution in [0.5, 0.6) is 5.75 Å². The topological polar surface area (TPSA) is 86.4 Å². The number of carbonyl (C=O) groups excluding carboxylic acids is 1. The van der Waals surface area contributed by atoms with E-state index in [9.17, 15) is 9.59 Å². The summed E-state index contributed by atoms with van der Waals surface area (Å²) in [6.07, 6.45) is 1.53. The molecule has 0 aliphatic carbocycles. The van der Waals surface area contributed by atoms with Crippen LogP contribution in [0.1, 0.15) is 16.1 Å². The summed E-state index contributed by atoms with van der Waals surface area (Å²) < 4.78 is 12.1. The molecule has 1 amide bonds. The van der Waals surface area contributed by atoms with E-state index < -0.39 is 0 Å². The minimum absolute atomic E-state index is 0.209. The van der Waals surface area contributed by atoms with Crippen molar-refractivity contribution in [1.82, 2.24) is 15.1 Å². The maximum absolute atomic E-state index is 12.3. The van der Waals surface area contributed by atoms with Crippen molar-refractivity contribution < 1.29 is 13.9 Å². The molecule has 3 aromatic rings. The number of rotatable bonds is 5. The third kappa shape index (κ3) is 3.01. The van der Waals surface area contributed by atoms with Crippen molar-refractivity contribution in [3.63, 3.8) is 0 Å². The number of hydrogen-bond acceptors (Lipinski definition) is 5. The first-order chi connectivity index (χ1) is 11.6. The van der Waals surface area contributed by atoms with Gasteiger partial charge in [-0.25, -0.2) is 4.68 Å². The van der Waals surface area contributed by atoms with Crippen LogP contribution in [0, 0.1) is 6.92 Å². The van der Waals surface area contributed by atoms with Gasteiger partial charge in [0, 0.05) is 35.8 Å². The first-order valence-corrected chi connectivity index (χ1v) is 7.47. The highest BCUT2D eigenvalue weighted by molar-refractivity contribution is 5.99. The number of carbonyl (C=O) groups is 1. The number of ether oxygens (including phenoxy) is 1. The number of hydrogen-bond donors (Lipinski definition) is 1. The highest BCUT2D eigenvalue weighted by atomic mass is 16.5. The van der Waals surface area contributed by atoms with Crippen molar-refractivity contribution in [2.24, 2.45) is 0 Å². The van der Waals surface area contributed by atoms with Crippen LogP contribution in [0.3, 0.4) is 0 Å². The Morgan fingerprint density at radius 2 is 2.21 bits per heavy atom. The van der Waals surface area contributed by atoms with Gasteiger partial charge in [-0.3, -0.25) is 9.59 Å². The fraction of sp³-hybridized carbons (Fsp3) is 0.235. The minimum atomic E-state index is -0.327. The number of fused-ring (bicyclic) bond motifs is 1. The molecule has 0 spiro atoms. The van der Waals surface area contributed by atoms with Crippen molar-refractivity contribution in [2.45, 2.75) is 13.5 Å². The van der Waals surface area contributed by atoms with Gasteiger partial charge in [-0.15, -0.1) is 0 Å². The van der Waals surface area contributed by atoms with Gasteiger partial charge < -0.3 is 14.5 Å². The number of furan rings is 1. The van der Waals surface area contributed by atoms with E-state index in [-0.39, 0.29) is 23.8 Å². The Hall–Kier alpha value is -3.09. The van der Waals surface area contributed by atoms with Crippen molar-refractivity contribution in [3.8, 4) is 5.75 Å². The van der Waals surface area contributed by atoms with Crippen LogP contribution in [-0.4, -0.2) is 29.3 Å². The van der Waals surface area contributed by atoms with Gasteiger partial charge in [-0.2, -0.15) is 5.10 Å². The molecule has 124 valence electrons. The molecule has 0 bridgehead atoms. The summed E-state index contributed by atoms with van der Waals surface area (Å²) in [6.45, 7) is 2.39. The summed E-state index contributed by atoms with van der Waals surface area (Å²) in [5, 5.41) is 7.54. The van der Waals surface area contributed by atoms with E-state index in [0.717, 1.165) is 10.9 Å². The Morgan fingerprint density at radius 3 is 2.96 bits per heavy atom. The van der Waals surface area contributed by atoms with E-state index in [1.54, 1.807) is 19.2 Å². The second-order valence-electron chi connectivity index (χ2n) is 5.26. The molecule has 0 saturated heterocycles. The molecule has 0 atom stereocenters. The SMILES string of the molecule is COc1ccc2c(C)c(C(=O)NCCn3ncccc3=O)oc2c1. The minimum Gasteiger partial charge on any atom is -0.497 e. The molecule has 1 N–H and O–H groups in total. The van der Waals surface area contributed by atoms with Crippen LogP contribution in [0.4, 0.5) is 0 Å². The Bertz CT molecular complexity index is 942. The van der Waals surface area contributed by atoms with E-state index in [1.165, 1.54) is 16.9 Å². The van der Waals surface area contributed by atoms with E-state index in [4.69, 9.17) is 9.15 Å². The molecular formula is C17H17N3O4. The number of amides is 1. The molecule has 0 fully saturated rings. The van der Waals surface area contributed by atoms with E-state index in [2.05, 4.69) is 10.4 Å². The number of nitrogens with one attached hydrogen (secondary N) is 1. The maximum atomic E-state index is 12.3. The predicted octanol–water partition coefficient (Wildman–Crippen LogP) is 1.74. The van der Waals surface area contributed by atoms with Crippen LogP contribution >= 0.6 is 0 Å². The number of aromatic nitrogens is 2. The van der Waals surface area contributed by atoms with Crippen LogP contribution < -0.4 is 15.6 Å². The molecule has 1 aromatic carbocycles. The fourth-order valence-electron chi connectivity index (χ4n) is 2.46. The van der Waals surface area contributed by atoms with Gasteiger partial charge in [0.25, 0.3) is 11.5 Å². The largest absolute Gasteiger partial charge is 0.497 e. The second-order valence-corrected chi connectivity index (χ2v) is 5.26. The normalized spacial score (nSPS) is 10.8. The molecule has 3 rings (SSSR count). The lowest BCUT2D eigenvalue weighted by Crippen LogP contribution is -2.31. The average molecular weight is 327 g/mol. The molecule has 7 nitrogen and oxygen atoms in total. The van der Waals surface area contributed by atoms with Crippen LogP contribution in [0.25, 0.3) is 11.0 Å². The summed E-state index contributed by atoms with van der Waals surface area (Å²) in [4.78, 5) is 23.9. The number of benzene rings is 1. The summed E-state index contributed by atoms with van der Waals surface area (Å²) in [6, 6.07) is 8.42. The first kappa shape index (κ1) is 15.8. The molecule has 0 unspecified atom stereocenters. The Labute approximate surface area is 137 Å². The van der Waals surface area contributed by atoms with Crippen molar-refractivity contribution in [2.75, 3.05) is 13.7 Å².